The third-order valence-electron chi connectivity index (χ3n) is 9.34. The molecule has 0 atom stereocenters. The number of furan rings is 1. The van der Waals surface area contributed by atoms with Crippen LogP contribution in [-0.2, 0) is 0 Å². The fourth-order valence-electron chi connectivity index (χ4n) is 7.01. The van der Waals surface area contributed by atoms with E-state index in [1.165, 1.54) is 31.3 Å². The van der Waals surface area contributed by atoms with Gasteiger partial charge in [-0.25, -0.2) is 15.0 Å². The van der Waals surface area contributed by atoms with E-state index in [-0.39, 0.29) is 0 Å². The van der Waals surface area contributed by atoms with Gasteiger partial charge in [0.2, 0.25) is 0 Å². The Bertz CT molecular complexity index is 2800. The van der Waals surface area contributed by atoms with Crippen LogP contribution in [0.2, 0.25) is 0 Å². The van der Waals surface area contributed by atoms with Crippen molar-refractivity contribution in [1.29, 1.82) is 0 Å². The van der Waals surface area contributed by atoms with Gasteiger partial charge in [-0.3, -0.25) is 0 Å². The van der Waals surface area contributed by atoms with Crippen LogP contribution in [0.5, 0.6) is 0 Å². The summed E-state index contributed by atoms with van der Waals surface area (Å²) in [7, 11) is 0. The van der Waals surface area contributed by atoms with Crippen LogP contribution in [0.25, 0.3) is 98.5 Å². The van der Waals surface area contributed by atoms with Crippen molar-refractivity contribution in [2.24, 2.45) is 0 Å². The Morgan fingerprint density at radius 1 is 0.360 bits per heavy atom. The molecule has 10 aromatic rings. The lowest BCUT2D eigenvalue weighted by molar-refractivity contribution is 0.670. The van der Waals surface area contributed by atoms with Gasteiger partial charge in [-0.1, -0.05) is 140 Å². The number of nitrogens with zero attached hydrogens (tertiary/aromatic N) is 3. The first-order valence-electron chi connectivity index (χ1n) is 16.6. The molecule has 0 aliphatic carbocycles. The van der Waals surface area contributed by atoms with Gasteiger partial charge in [0.05, 0.1) is 5.56 Å². The van der Waals surface area contributed by atoms with Crippen LogP contribution in [0.15, 0.2) is 168 Å². The van der Waals surface area contributed by atoms with Crippen molar-refractivity contribution < 1.29 is 4.42 Å². The average molecular weight is 658 g/mol. The summed E-state index contributed by atoms with van der Waals surface area (Å²) < 4.78 is 9.47. The van der Waals surface area contributed by atoms with Crippen molar-refractivity contribution in [3.8, 4) is 56.4 Å². The summed E-state index contributed by atoms with van der Waals surface area (Å²) >= 11 is 1.84. The molecule has 10 rings (SSSR count). The van der Waals surface area contributed by atoms with Crippen LogP contribution >= 0.6 is 11.3 Å². The Kier molecular flexibility index (Phi) is 6.64. The first-order valence-corrected chi connectivity index (χ1v) is 17.4. The largest absolute Gasteiger partial charge is 0.455 e. The maximum atomic E-state index is 6.93. The number of hydrogen-bond acceptors (Lipinski definition) is 5. The second kappa shape index (κ2) is 11.6. The second-order valence-corrected chi connectivity index (χ2v) is 13.4. The van der Waals surface area contributed by atoms with E-state index in [0.29, 0.717) is 17.5 Å². The fourth-order valence-corrected chi connectivity index (χ4v) is 8.18. The molecule has 0 aliphatic heterocycles. The molecule has 0 saturated carbocycles. The second-order valence-electron chi connectivity index (χ2n) is 12.4. The van der Waals surface area contributed by atoms with Crippen molar-refractivity contribution in [3.63, 3.8) is 0 Å². The predicted molar refractivity (Wildman–Crippen MR) is 207 cm³/mol. The SMILES string of the molecule is c1ccc(-c2nc(-c3ccccc3)nc(-c3cccc4c3oc3c(-c5cc(-c6ccccc6)c6c(c5)sc5ccccc56)cccc34)n2)cc1. The third kappa shape index (κ3) is 4.71. The Morgan fingerprint density at radius 2 is 0.880 bits per heavy atom. The van der Waals surface area contributed by atoms with Crippen LogP contribution in [0.3, 0.4) is 0 Å². The van der Waals surface area contributed by atoms with Gasteiger partial charge < -0.3 is 4.42 Å². The highest BCUT2D eigenvalue weighted by Crippen LogP contribution is 2.45. The van der Waals surface area contributed by atoms with Crippen molar-refractivity contribution in [3.05, 3.63) is 164 Å². The molecule has 0 aliphatic rings. The highest BCUT2D eigenvalue weighted by atomic mass is 32.1. The number of hydrogen-bond donors (Lipinski definition) is 0. The molecule has 0 unspecified atom stereocenters. The fraction of sp³-hybridized carbons (Fsp3) is 0. The van der Waals surface area contributed by atoms with Crippen LogP contribution in [0, 0.1) is 0 Å². The van der Waals surface area contributed by atoms with Gasteiger partial charge in [-0.15, -0.1) is 11.3 Å². The highest BCUT2D eigenvalue weighted by molar-refractivity contribution is 7.26. The normalized spacial score (nSPS) is 11.6. The van der Waals surface area contributed by atoms with Crippen molar-refractivity contribution in [1.82, 2.24) is 15.0 Å². The lowest BCUT2D eigenvalue weighted by Crippen LogP contribution is -2.00. The molecule has 0 fully saturated rings. The molecule has 3 aromatic heterocycles. The molecular weight excluding hydrogens is 631 g/mol. The van der Waals surface area contributed by atoms with E-state index in [2.05, 4.69) is 97.1 Å². The van der Waals surface area contributed by atoms with Crippen LogP contribution < -0.4 is 0 Å². The Balaban J connectivity index is 1.20. The van der Waals surface area contributed by atoms with Gasteiger partial charge >= 0.3 is 0 Å². The molecule has 0 saturated heterocycles. The molecule has 0 bridgehead atoms. The zero-order valence-electron chi connectivity index (χ0n) is 26.7. The summed E-state index contributed by atoms with van der Waals surface area (Å²) in [6.45, 7) is 0. The lowest BCUT2D eigenvalue weighted by Gasteiger charge is -2.10. The molecule has 50 heavy (non-hydrogen) atoms. The summed E-state index contributed by atoms with van der Waals surface area (Å²) in [5.74, 6) is 1.81. The van der Waals surface area contributed by atoms with E-state index in [4.69, 9.17) is 19.4 Å². The van der Waals surface area contributed by atoms with Gasteiger partial charge in [-0.05, 0) is 41.0 Å². The van der Waals surface area contributed by atoms with E-state index in [0.717, 1.165) is 49.8 Å². The molecule has 7 aromatic carbocycles. The number of para-hydroxylation sites is 2. The number of fused-ring (bicyclic) bond motifs is 6. The molecule has 0 radical (unpaired) electrons. The minimum atomic E-state index is 0.571. The lowest BCUT2D eigenvalue weighted by atomic mass is 9.94. The Labute approximate surface area is 292 Å². The van der Waals surface area contributed by atoms with Crippen LogP contribution in [0.4, 0.5) is 0 Å². The zero-order chi connectivity index (χ0) is 33.0. The van der Waals surface area contributed by atoms with Gasteiger partial charge in [0.15, 0.2) is 17.5 Å². The summed E-state index contributed by atoms with van der Waals surface area (Å²) in [5.41, 5.74) is 8.86. The monoisotopic (exact) mass is 657 g/mol. The summed E-state index contributed by atoms with van der Waals surface area (Å²) in [4.78, 5) is 14.9. The van der Waals surface area contributed by atoms with Gasteiger partial charge in [0.1, 0.15) is 11.2 Å². The highest BCUT2D eigenvalue weighted by Gasteiger charge is 2.21. The predicted octanol–water partition coefficient (Wildman–Crippen LogP) is 12.5. The zero-order valence-corrected chi connectivity index (χ0v) is 27.6. The summed E-state index contributed by atoms with van der Waals surface area (Å²) in [6.07, 6.45) is 0. The van der Waals surface area contributed by atoms with E-state index in [9.17, 15) is 0 Å². The van der Waals surface area contributed by atoms with E-state index in [1.54, 1.807) is 0 Å². The Hall–Kier alpha value is -6.43. The third-order valence-corrected chi connectivity index (χ3v) is 10.5. The number of aromatic nitrogens is 3. The molecule has 4 nitrogen and oxygen atoms in total. The van der Waals surface area contributed by atoms with E-state index in [1.807, 2.05) is 78.1 Å². The topological polar surface area (TPSA) is 51.8 Å². The van der Waals surface area contributed by atoms with Gasteiger partial charge in [-0.2, -0.15) is 0 Å². The van der Waals surface area contributed by atoms with E-state index >= 15 is 0 Å². The molecular formula is C45H27N3OS. The number of benzene rings is 7. The molecule has 3 heterocycles. The molecule has 0 N–H and O–H groups in total. The minimum absolute atomic E-state index is 0.571. The summed E-state index contributed by atoms with van der Waals surface area (Å²) in [5, 5.41) is 4.65. The molecule has 0 spiro atoms. The van der Waals surface area contributed by atoms with E-state index < -0.39 is 0 Å². The minimum Gasteiger partial charge on any atom is -0.455 e. The van der Waals surface area contributed by atoms with Crippen molar-refractivity contribution in [2.75, 3.05) is 0 Å². The van der Waals surface area contributed by atoms with Crippen molar-refractivity contribution in [2.45, 2.75) is 0 Å². The number of rotatable bonds is 5. The average Bonchev–Trinajstić information content (AvgIpc) is 3.77. The molecule has 5 heteroatoms. The Morgan fingerprint density at radius 3 is 1.54 bits per heavy atom. The molecule has 0 amide bonds. The van der Waals surface area contributed by atoms with Crippen LogP contribution in [-0.4, -0.2) is 15.0 Å². The molecule has 234 valence electrons. The van der Waals surface area contributed by atoms with Crippen LogP contribution in [0.1, 0.15) is 0 Å². The maximum Gasteiger partial charge on any atom is 0.167 e. The van der Waals surface area contributed by atoms with Crippen molar-refractivity contribution >= 4 is 53.4 Å². The smallest absolute Gasteiger partial charge is 0.167 e. The van der Waals surface area contributed by atoms with Gasteiger partial charge in [0, 0.05) is 47.6 Å². The number of thiophene rings is 1. The first kappa shape index (κ1) is 28.6. The van der Waals surface area contributed by atoms with Gasteiger partial charge in [0.25, 0.3) is 0 Å². The first-order chi connectivity index (χ1) is 24.8. The maximum absolute atomic E-state index is 6.93. The summed E-state index contributed by atoms with van der Waals surface area (Å²) in [6, 6.07) is 56.8. The quantitative estimate of drug-likeness (QED) is 0.185. The standard InChI is InChI=1S/C45H27N3OS/c1-4-14-28(15-5-1)37-26-31(27-39-40(37)35-20-10-11-25-38(35)50-39)32-21-12-22-33-34-23-13-24-36(42(34)49-41(32)33)45-47-43(29-16-6-2-7-17-29)46-44(48-45)30-18-8-3-9-19-30/h1-27H.